The lowest BCUT2D eigenvalue weighted by molar-refractivity contribution is 0.0963. The van der Waals surface area contributed by atoms with Gasteiger partial charge in [0, 0.05) is 36.1 Å². The van der Waals surface area contributed by atoms with Crippen LogP contribution in [0, 0.1) is 0 Å². The van der Waals surface area contributed by atoms with Gasteiger partial charge in [-0.1, -0.05) is 24.3 Å². The van der Waals surface area contributed by atoms with Crippen LogP contribution in [0.5, 0.6) is 0 Å². The topological polar surface area (TPSA) is 82.7 Å². The Morgan fingerprint density at radius 2 is 1.88 bits per heavy atom. The maximum absolute atomic E-state index is 12.4. The molecule has 0 bridgehead atoms. The molecule has 4 rings (SSSR count). The third-order valence-corrected chi connectivity index (χ3v) is 4.21. The number of H-pyrrole nitrogens is 1. The number of anilines is 2. The largest absolute Gasteiger partial charge is 0.355 e. The number of pyridine rings is 1. The third-order valence-electron chi connectivity index (χ3n) is 4.21. The van der Waals surface area contributed by atoms with Gasteiger partial charge in [0.1, 0.15) is 0 Å². The Morgan fingerprint density at radius 3 is 2.62 bits per heavy atom. The minimum absolute atomic E-state index is 0.188. The molecule has 0 fully saturated rings. The van der Waals surface area contributed by atoms with E-state index in [1.165, 1.54) is 0 Å². The summed E-state index contributed by atoms with van der Waals surface area (Å²) in [5, 5.41) is 13.8. The number of aromatic nitrogens is 3. The number of aromatic amines is 1. The Kier molecular flexibility index (Phi) is 4.07. The summed E-state index contributed by atoms with van der Waals surface area (Å²) in [5.74, 6) is -0.188. The van der Waals surface area contributed by atoms with Crippen molar-refractivity contribution >= 4 is 28.2 Å². The van der Waals surface area contributed by atoms with E-state index in [0.29, 0.717) is 5.56 Å². The van der Waals surface area contributed by atoms with Gasteiger partial charge in [0.05, 0.1) is 23.0 Å². The maximum Gasteiger partial charge on any atom is 0.254 e. The maximum atomic E-state index is 12.4. The van der Waals surface area contributed by atoms with E-state index in [4.69, 9.17) is 0 Å². The van der Waals surface area contributed by atoms with Crippen LogP contribution in [0.3, 0.4) is 0 Å². The summed E-state index contributed by atoms with van der Waals surface area (Å²) in [7, 11) is 1.61. The number of nitrogens with one attached hydrogen (secondary N) is 3. The minimum Gasteiger partial charge on any atom is -0.355 e. The van der Waals surface area contributed by atoms with Gasteiger partial charge >= 0.3 is 0 Å². The van der Waals surface area contributed by atoms with Gasteiger partial charge in [0.15, 0.2) is 0 Å². The number of benzene rings is 2. The van der Waals surface area contributed by atoms with Crippen molar-refractivity contribution < 1.29 is 4.79 Å². The molecule has 2 heterocycles. The fraction of sp³-hybridized carbons (Fsp3) is 0.0500. The second-order valence-electron chi connectivity index (χ2n) is 5.84. The summed E-state index contributed by atoms with van der Waals surface area (Å²) in [4.78, 5) is 16.8. The Balaban J connectivity index is 1.93. The van der Waals surface area contributed by atoms with Crippen molar-refractivity contribution in [2.75, 3.05) is 12.4 Å². The molecule has 2 aromatic carbocycles. The molecule has 0 aliphatic rings. The van der Waals surface area contributed by atoms with E-state index in [1.807, 2.05) is 54.7 Å². The smallest absolute Gasteiger partial charge is 0.254 e. The number of amides is 1. The molecule has 2 aromatic heterocycles. The van der Waals surface area contributed by atoms with Crippen LogP contribution in [0.4, 0.5) is 11.4 Å². The second kappa shape index (κ2) is 6.68. The van der Waals surface area contributed by atoms with Crippen LogP contribution in [-0.2, 0) is 0 Å². The van der Waals surface area contributed by atoms with Crippen molar-refractivity contribution in [2.24, 2.45) is 0 Å². The Hall–Kier alpha value is -3.67. The number of nitrogens with zero attached hydrogens (tertiary/aromatic N) is 2. The summed E-state index contributed by atoms with van der Waals surface area (Å²) in [6.45, 7) is 0. The Morgan fingerprint density at radius 1 is 1.04 bits per heavy atom. The predicted octanol–water partition coefficient (Wildman–Crippen LogP) is 3.73. The highest BCUT2D eigenvalue weighted by Gasteiger charge is 2.15. The van der Waals surface area contributed by atoms with Crippen molar-refractivity contribution in [1.29, 1.82) is 0 Å². The summed E-state index contributed by atoms with van der Waals surface area (Å²) in [6, 6.07) is 15.7. The Bertz CT molecular complexity index is 1060. The molecule has 0 radical (unpaired) electrons. The van der Waals surface area contributed by atoms with E-state index in [2.05, 4.69) is 25.8 Å². The molecule has 0 atom stereocenters. The molecule has 0 aliphatic carbocycles. The molecule has 1 amide bonds. The first kappa shape index (κ1) is 15.8. The van der Waals surface area contributed by atoms with Crippen molar-refractivity contribution in [2.45, 2.75) is 0 Å². The first-order valence-corrected chi connectivity index (χ1v) is 8.22. The normalized spacial score (nSPS) is 10.7. The number of carbonyl (C=O) groups is 1. The predicted molar refractivity (Wildman–Crippen MR) is 102 cm³/mol. The monoisotopic (exact) mass is 343 g/mol. The lowest BCUT2D eigenvalue weighted by Gasteiger charge is -2.14. The van der Waals surface area contributed by atoms with Crippen molar-refractivity contribution in [3.05, 3.63) is 72.7 Å². The summed E-state index contributed by atoms with van der Waals surface area (Å²) in [5.41, 5.74) is 4.91. The molecule has 0 spiro atoms. The number of carbonyl (C=O) groups excluding carboxylic acids is 1. The summed E-state index contributed by atoms with van der Waals surface area (Å²) >= 11 is 0. The standard InChI is InChI=1S/C20H17N5O/c1-21-20(26)17-12-22-18-8-7-13(14-10-23-24-11-14)9-16(18)19(17)25-15-5-3-2-4-6-15/h2-12H,1H3,(H,21,26)(H,22,25)(H,23,24). The van der Waals surface area contributed by atoms with Gasteiger partial charge in [0.25, 0.3) is 5.91 Å². The molecule has 4 aromatic rings. The highest BCUT2D eigenvalue weighted by atomic mass is 16.1. The molecular weight excluding hydrogens is 326 g/mol. The first-order valence-electron chi connectivity index (χ1n) is 8.22. The molecule has 6 heteroatoms. The van der Waals surface area contributed by atoms with Crippen LogP contribution < -0.4 is 10.6 Å². The molecule has 6 nitrogen and oxygen atoms in total. The van der Waals surface area contributed by atoms with Gasteiger partial charge < -0.3 is 10.6 Å². The second-order valence-corrected chi connectivity index (χ2v) is 5.84. The zero-order chi connectivity index (χ0) is 17.9. The molecule has 128 valence electrons. The molecular formula is C20H17N5O. The van der Waals surface area contributed by atoms with E-state index >= 15 is 0 Å². The number of hydrogen-bond acceptors (Lipinski definition) is 4. The molecule has 0 aliphatic heterocycles. The SMILES string of the molecule is CNC(=O)c1cnc2ccc(-c3cn[nH]c3)cc2c1Nc1ccccc1. The minimum atomic E-state index is -0.188. The van der Waals surface area contributed by atoms with E-state index in [-0.39, 0.29) is 5.91 Å². The fourth-order valence-corrected chi connectivity index (χ4v) is 2.89. The van der Waals surface area contributed by atoms with Gasteiger partial charge in [0.2, 0.25) is 0 Å². The number of rotatable bonds is 4. The van der Waals surface area contributed by atoms with Crippen LogP contribution in [0.2, 0.25) is 0 Å². The number of hydrogen-bond donors (Lipinski definition) is 3. The molecule has 3 N–H and O–H groups in total. The van der Waals surface area contributed by atoms with Gasteiger partial charge in [-0.3, -0.25) is 14.9 Å². The highest BCUT2D eigenvalue weighted by Crippen LogP contribution is 2.32. The highest BCUT2D eigenvalue weighted by molar-refractivity contribution is 6.08. The van der Waals surface area contributed by atoms with Crippen molar-refractivity contribution in [3.63, 3.8) is 0 Å². The molecule has 26 heavy (non-hydrogen) atoms. The average Bonchev–Trinajstić information content (AvgIpc) is 3.23. The van der Waals surface area contributed by atoms with E-state index < -0.39 is 0 Å². The number of fused-ring (bicyclic) bond motifs is 1. The fourth-order valence-electron chi connectivity index (χ4n) is 2.89. The quantitative estimate of drug-likeness (QED) is 0.527. The molecule has 0 unspecified atom stereocenters. The lowest BCUT2D eigenvalue weighted by atomic mass is 10.0. The Labute approximate surface area is 150 Å². The van der Waals surface area contributed by atoms with Crippen LogP contribution in [0.1, 0.15) is 10.4 Å². The average molecular weight is 343 g/mol. The lowest BCUT2D eigenvalue weighted by Crippen LogP contribution is -2.19. The summed E-state index contributed by atoms with van der Waals surface area (Å²) in [6.07, 6.45) is 5.20. The van der Waals surface area contributed by atoms with Crippen molar-refractivity contribution in [1.82, 2.24) is 20.5 Å². The van der Waals surface area contributed by atoms with E-state index in [9.17, 15) is 4.79 Å². The third kappa shape index (κ3) is 2.88. The van der Waals surface area contributed by atoms with Gasteiger partial charge in [-0.2, -0.15) is 5.10 Å². The van der Waals surface area contributed by atoms with Gasteiger partial charge in [-0.25, -0.2) is 0 Å². The number of para-hydroxylation sites is 1. The van der Waals surface area contributed by atoms with Gasteiger partial charge in [-0.15, -0.1) is 0 Å². The zero-order valence-corrected chi connectivity index (χ0v) is 14.2. The van der Waals surface area contributed by atoms with Crippen LogP contribution in [0.15, 0.2) is 67.1 Å². The van der Waals surface area contributed by atoms with E-state index in [0.717, 1.165) is 33.4 Å². The van der Waals surface area contributed by atoms with Crippen LogP contribution >= 0.6 is 0 Å². The van der Waals surface area contributed by atoms with Gasteiger partial charge in [-0.05, 0) is 29.8 Å². The first-order chi connectivity index (χ1) is 12.8. The van der Waals surface area contributed by atoms with Crippen LogP contribution in [-0.4, -0.2) is 28.1 Å². The molecule has 0 saturated carbocycles. The zero-order valence-electron chi connectivity index (χ0n) is 14.2. The van der Waals surface area contributed by atoms with Crippen molar-refractivity contribution in [3.8, 4) is 11.1 Å². The van der Waals surface area contributed by atoms with Crippen LogP contribution in [0.25, 0.3) is 22.0 Å². The molecule has 0 saturated heterocycles. The van der Waals surface area contributed by atoms with E-state index in [1.54, 1.807) is 19.4 Å². The summed E-state index contributed by atoms with van der Waals surface area (Å²) < 4.78 is 0.